The van der Waals surface area contributed by atoms with E-state index in [0.29, 0.717) is 16.8 Å². The van der Waals surface area contributed by atoms with Gasteiger partial charge in [-0.05, 0) is 42.0 Å². The van der Waals surface area contributed by atoms with E-state index >= 15 is 0 Å². The fraction of sp³-hybridized carbons (Fsp3) is 0.0476. The first-order valence-corrected chi connectivity index (χ1v) is 8.77. The lowest BCUT2D eigenvalue weighted by Gasteiger charge is -2.28. The number of phenolic OH excluding ortho intramolecular Hbond substituents is 1. The minimum atomic E-state index is -0.378. The lowest BCUT2D eigenvalue weighted by atomic mass is 9.96. The van der Waals surface area contributed by atoms with E-state index in [2.05, 4.69) is 26.7 Å². The number of H-pyrrole nitrogens is 2. The van der Waals surface area contributed by atoms with Crippen molar-refractivity contribution in [2.24, 2.45) is 0 Å². The third-order valence-corrected chi connectivity index (χ3v) is 5.01. The van der Waals surface area contributed by atoms with Gasteiger partial charge in [0.2, 0.25) is 0 Å². The Kier molecular flexibility index (Phi) is 3.48. The molecule has 28 heavy (non-hydrogen) atoms. The number of nitrogens with zero attached hydrogens (tertiary/aromatic N) is 3. The first-order chi connectivity index (χ1) is 13.6. The lowest BCUT2D eigenvalue weighted by Crippen LogP contribution is -2.23. The SMILES string of the molecule is C=C1C(O)=C(c2cccc(O)c2)C(c2ccn[nH]2)N1c1ccc2nc[nH]c2c1. The molecule has 0 bridgehead atoms. The standard InChI is InChI=1S/C21H17N5O2/c1-12-21(28)19(13-3-2-4-15(27)9-13)20(17-7-8-24-25-17)26(12)14-5-6-16-18(10-14)23-11-22-16/h2-11,20,27-28H,1H2,(H,22,23)(H,24,25). The first-order valence-electron chi connectivity index (χ1n) is 8.77. The normalized spacial score (nSPS) is 17.1. The summed E-state index contributed by atoms with van der Waals surface area (Å²) < 4.78 is 0. The van der Waals surface area contributed by atoms with Crippen LogP contribution in [0.4, 0.5) is 5.69 Å². The van der Waals surface area contributed by atoms with Gasteiger partial charge in [0, 0.05) is 17.5 Å². The molecule has 2 aromatic heterocycles. The number of benzene rings is 2. The van der Waals surface area contributed by atoms with Gasteiger partial charge in [0.1, 0.15) is 17.6 Å². The second-order valence-corrected chi connectivity index (χ2v) is 6.65. The molecule has 3 heterocycles. The van der Waals surface area contributed by atoms with Crippen LogP contribution in [0.2, 0.25) is 0 Å². The molecular formula is C21H17N5O2. The second-order valence-electron chi connectivity index (χ2n) is 6.65. The van der Waals surface area contributed by atoms with Gasteiger partial charge in [0.25, 0.3) is 0 Å². The van der Waals surface area contributed by atoms with E-state index in [1.54, 1.807) is 30.7 Å². The Morgan fingerprint density at radius 2 is 1.96 bits per heavy atom. The molecule has 7 nitrogen and oxygen atoms in total. The van der Waals surface area contributed by atoms with Crippen LogP contribution in [0.15, 0.2) is 79.1 Å². The van der Waals surface area contributed by atoms with Crippen molar-refractivity contribution in [3.05, 3.63) is 90.3 Å². The summed E-state index contributed by atoms with van der Waals surface area (Å²) in [4.78, 5) is 9.32. The molecule has 0 amide bonds. The van der Waals surface area contributed by atoms with Gasteiger partial charge in [-0.25, -0.2) is 4.98 Å². The number of hydrogen-bond donors (Lipinski definition) is 4. The molecule has 0 saturated heterocycles. The van der Waals surface area contributed by atoms with E-state index in [1.165, 1.54) is 0 Å². The summed E-state index contributed by atoms with van der Waals surface area (Å²) in [7, 11) is 0. The molecule has 0 radical (unpaired) electrons. The number of rotatable bonds is 3. The molecule has 138 valence electrons. The number of aromatic nitrogens is 4. The topological polar surface area (TPSA) is 101 Å². The molecule has 4 N–H and O–H groups in total. The maximum atomic E-state index is 11.0. The fourth-order valence-electron chi connectivity index (χ4n) is 3.74. The molecule has 0 fully saturated rings. The number of aromatic amines is 2. The Labute approximate surface area is 160 Å². The molecule has 4 aromatic rings. The van der Waals surface area contributed by atoms with E-state index < -0.39 is 0 Å². The molecule has 1 unspecified atom stereocenters. The van der Waals surface area contributed by atoms with Gasteiger partial charge in [-0.1, -0.05) is 18.7 Å². The highest BCUT2D eigenvalue weighted by Gasteiger charge is 2.39. The van der Waals surface area contributed by atoms with Crippen molar-refractivity contribution in [2.75, 3.05) is 4.90 Å². The number of hydrogen-bond acceptors (Lipinski definition) is 5. The number of nitrogens with one attached hydrogen (secondary N) is 2. The zero-order valence-electron chi connectivity index (χ0n) is 14.8. The van der Waals surface area contributed by atoms with E-state index in [4.69, 9.17) is 0 Å². The fourth-order valence-corrected chi connectivity index (χ4v) is 3.74. The number of aliphatic hydroxyl groups is 1. The van der Waals surface area contributed by atoms with Crippen LogP contribution in [-0.2, 0) is 0 Å². The summed E-state index contributed by atoms with van der Waals surface area (Å²) in [5.41, 5.74) is 5.22. The largest absolute Gasteiger partial charge is 0.508 e. The molecule has 0 saturated carbocycles. The zero-order chi connectivity index (χ0) is 19.3. The summed E-state index contributed by atoms with van der Waals surface area (Å²) in [6.07, 6.45) is 3.32. The number of aliphatic hydroxyl groups excluding tert-OH is 1. The Morgan fingerprint density at radius 3 is 2.75 bits per heavy atom. The van der Waals surface area contributed by atoms with Gasteiger partial charge in [-0.15, -0.1) is 0 Å². The quantitative estimate of drug-likeness (QED) is 0.435. The van der Waals surface area contributed by atoms with Crippen LogP contribution >= 0.6 is 0 Å². The molecule has 1 aliphatic rings. The van der Waals surface area contributed by atoms with E-state index in [1.807, 2.05) is 35.2 Å². The van der Waals surface area contributed by atoms with Crippen molar-refractivity contribution >= 4 is 22.3 Å². The average molecular weight is 371 g/mol. The number of phenols is 1. The van der Waals surface area contributed by atoms with Gasteiger partial charge in [0.15, 0.2) is 0 Å². The number of imidazole rings is 1. The Hall–Kier alpha value is -4.00. The van der Waals surface area contributed by atoms with Crippen LogP contribution in [0.25, 0.3) is 16.6 Å². The third-order valence-electron chi connectivity index (χ3n) is 5.01. The predicted octanol–water partition coefficient (Wildman–Crippen LogP) is 4.04. The minimum absolute atomic E-state index is 0.0786. The van der Waals surface area contributed by atoms with Crippen molar-refractivity contribution in [2.45, 2.75) is 6.04 Å². The van der Waals surface area contributed by atoms with Crippen LogP contribution < -0.4 is 4.90 Å². The molecule has 5 rings (SSSR count). The Morgan fingerprint density at radius 1 is 1.07 bits per heavy atom. The molecule has 0 aliphatic carbocycles. The van der Waals surface area contributed by atoms with Crippen LogP contribution in [0.5, 0.6) is 5.75 Å². The number of aromatic hydroxyl groups is 1. The Balaban J connectivity index is 1.70. The highest BCUT2D eigenvalue weighted by Crippen LogP contribution is 2.48. The van der Waals surface area contributed by atoms with Gasteiger partial charge < -0.3 is 20.1 Å². The van der Waals surface area contributed by atoms with E-state index in [-0.39, 0.29) is 17.6 Å². The maximum absolute atomic E-state index is 11.0. The van der Waals surface area contributed by atoms with Crippen LogP contribution in [0.1, 0.15) is 17.3 Å². The smallest absolute Gasteiger partial charge is 0.144 e. The van der Waals surface area contributed by atoms with Crippen molar-refractivity contribution < 1.29 is 10.2 Å². The third kappa shape index (κ3) is 2.37. The lowest BCUT2D eigenvalue weighted by molar-refractivity contribution is 0.429. The highest BCUT2D eigenvalue weighted by atomic mass is 16.3. The monoisotopic (exact) mass is 371 g/mol. The van der Waals surface area contributed by atoms with Gasteiger partial charge in [0.05, 0.1) is 28.8 Å². The summed E-state index contributed by atoms with van der Waals surface area (Å²) >= 11 is 0. The minimum Gasteiger partial charge on any atom is -0.508 e. The number of fused-ring (bicyclic) bond motifs is 1. The van der Waals surface area contributed by atoms with Crippen LogP contribution in [0.3, 0.4) is 0 Å². The molecule has 0 spiro atoms. The van der Waals surface area contributed by atoms with Crippen molar-refractivity contribution in [3.63, 3.8) is 0 Å². The maximum Gasteiger partial charge on any atom is 0.144 e. The predicted molar refractivity (Wildman–Crippen MR) is 107 cm³/mol. The molecular weight excluding hydrogens is 354 g/mol. The van der Waals surface area contributed by atoms with Gasteiger partial charge >= 0.3 is 0 Å². The average Bonchev–Trinajstić information content (AvgIpc) is 3.42. The summed E-state index contributed by atoms with van der Waals surface area (Å²) in [5.74, 6) is 0.207. The molecule has 1 aliphatic heterocycles. The van der Waals surface area contributed by atoms with Crippen molar-refractivity contribution in [3.8, 4) is 5.75 Å². The zero-order valence-corrected chi connectivity index (χ0v) is 14.8. The van der Waals surface area contributed by atoms with Crippen LogP contribution in [-0.4, -0.2) is 30.4 Å². The van der Waals surface area contributed by atoms with Crippen molar-refractivity contribution in [1.82, 2.24) is 20.2 Å². The highest BCUT2D eigenvalue weighted by molar-refractivity contribution is 5.88. The summed E-state index contributed by atoms with van der Waals surface area (Å²) in [6, 6.07) is 14.1. The second kappa shape index (κ2) is 6.02. The molecule has 1 atom stereocenters. The van der Waals surface area contributed by atoms with Crippen molar-refractivity contribution in [1.29, 1.82) is 0 Å². The summed E-state index contributed by atoms with van der Waals surface area (Å²) in [6.45, 7) is 4.11. The van der Waals surface area contributed by atoms with E-state index in [9.17, 15) is 10.2 Å². The van der Waals surface area contributed by atoms with Crippen LogP contribution in [0, 0.1) is 0 Å². The number of anilines is 1. The van der Waals surface area contributed by atoms with E-state index in [0.717, 1.165) is 22.4 Å². The van der Waals surface area contributed by atoms with Gasteiger partial charge in [-0.3, -0.25) is 5.10 Å². The Bertz CT molecular complexity index is 1220. The molecule has 7 heteroatoms. The van der Waals surface area contributed by atoms with Gasteiger partial charge in [-0.2, -0.15) is 5.10 Å². The summed E-state index contributed by atoms with van der Waals surface area (Å²) in [5, 5.41) is 28.0. The first kappa shape index (κ1) is 16.2. The molecule has 2 aromatic carbocycles.